The molecule has 0 spiro atoms. The molecule has 7 heteroatoms. The molecule has 0 aromatic carbocycles. The van der Waals surface area contributed by atoms with Gasteiger partial charge in [-0.15, -0.1) is 0 Å². The van der Waals surface area contributed by atoms with E-state index in [4.69, 9.17) is 0 Å². The first kappa shape index (κ1) is 22.4. The van der Waals surface area contributed by atoms with Crippen LogP contribution in [0.2, 0.25) is 0 Å². The molecule has 1 fully saturated rings. The van der Waals surface area contributed by atoms with E-state index in [1.54, 1.807) is 6.20 Å². The van der Waals surface area contributed by atoms with Crippen LogP contribution in [-0.2, 0) is 22.9 Å². The van der Waals surface area contributed by atoms with Gasteiger partial charge in [-0.1, -0.05) is 27.2 Å². The zero-order chi connectivity index (χ0) is 20.0. The van der Waals surface area contributed by atoms with Crippen molar-refractivity contribution in [3.63, 3.8) is 0 Å². The van der Waals surface area contributed by atoms with Crippen molar-refractivity contribution in [2.45, 2.75) is 77.7 Å². The number of likely N-dealkylation sites (N-methyl/N-ethyl adjacent to an activating group) is 1. The summed E-state index contributed by atoms with van der Waals surface area (Å²) in [7, 11) is -1.17. The van der Waals surface area contributed by atoms with Gasteiger partial charge in [0, 0.05) is 38.8 Å². The molecule has 0 amide bonds. The molecule has 0 aliphatic carbocycles. The lowest BCUT2D eigenvalue weighted by atomic mass is 10.1. The fraction of sp³-hybridized carbons (Fsp3) is 0.850. The van der Waals surface area contributed by atoms with Gasteiger partial charge >= 0.3 is 0 Å². The topological polar surface area (TPSA) is 58.4 Å². The average Bonchev–Trinajstić information content (AvgIpc) is 2.99. The third-order valence-corrected chi connectivity index (χ3v) is 7.25. The molecule has 1 aliphatic heterocycles. The maximum atomic E-state index is 12.9. The van der Waals surface area contributed by atoms with E-state index in [2.05, 4.69) is 49.5 Å². The predicted octanol–water partition coefficient (Wildman–Crippen LogP) is 3.03. The molecular weight excluding hydrogens is 360 g/mol. The van der Waals surface area contributed by atoms with Crippen LogP contribution in [-0.4, -0.2) is 66.2 Å². The number of rotatable bonds is 10. The van der Waals surface area contributed by atoms with Crippen LogP contribution in [0.4, 0.5) is 0 Å². The quantitative estimate of drug-likeness (QED) is 0.606. The fourth-order valence-electron chi connectivity index (χ4n) is 3.59. The zero-order valence-electron chi connectivity index (χ0n) is 17.8. The number of hydrogen-bond acceptors (Lipinski definition) is 5. The Bertz CT molecular complexity index is 684. The smallest absolute Gasteiger partial charge is 0.227 e. The van der Waals surface area contributed by atoms with E-state index >= 15 is 0 Å². The standard InChI is InChI=1S/C20H38N4O2S/c1-6-7-10-24-19(16-23-12-11-22(5)18(4)15-23)14-21-20(24)27(25,26)13-8-9-17(2)3/h14,17-18H,6-13,15-16H2,1-5H3/t18-/m0/s1. The Balaban J connectivity index is 2.16. The second kappa shape index (κ2) is 10.0. The van der Waals surface area contributed by atoms with Crippen LogP contribution in [0.5, 0.6) is 0 Å². The molecule has 0 saturated carbocycles. The summed E-state index contributed by atoms with van der Waals surface area (Å²) in [6, 6.07) is 0.519. The molecule has 2 rings (SSSR count). The summed E-state index contributed by atoms with van der Waals surface area (Å²) in [4.78, 5) is 9.16. The van der Waals surface area contributed by atoms with E-state index in [9.17, 15) is 8.42 Å². The summed E-state index contributed by atoms with van der Waals surface area (Å²) in [6.45, 7) is 13.2. The summed E-state index contributed by atoms with van der Waals surface area (Å²) < 4.78 is 27.8. The molecule has 0 unspecified atom stereocenters. The number of aromatic nitrogens is 2. The summed E-state index contributed by atoms with van der Waals surface area (Å²) >= 11 is 0. The van der Waals surface area contributed by atoms with Gasteiger partial charge in [0.1, 0.15) is 0 Å². The van der Waals surface area contributed by atoms with Crippen molar-refractivity contribution in [1.29, 1.82) is 0 Å². The molecule has 6 nitrogen and oxygen atoms in total. The number of sulfone groups is 1. The average molecular weight is 399 g/mol. The van der Waals surface area contributed by atoms with E-state index < -0.39 is 9.84 Å². The second-order valence-electron chi connectivity index (χ2n) is 8.46. The summed E-state index contributed by atoms with van der Waals surface area (Å²) in [5.74, 6) is 0.717. The van der Waals surface area contributed by atoms with Crippen molar-refractivity contribution in [1.82, 2.24) is 19.4 Å². The van der Waals surface area contributed by atoms with Gasteiger partial charge in [-0.2, -0.15) is 0 Å². The Kier molecular flexibility index (Phi) is 8.31. The van der Waals surface area contributed by atoms with Gasteiger partial charge < -0.3 is 9.47 Å². The number of unbranched alkanes of at least 4 members (excludes halogenated alkanes) is 1. The highest BCUT2D eigenvalue weighted by Gasteiger charge is 2.26. The maximum Gasteiger partial charge on any atom is 0.227 e. The molecule has 1 aromatic rings. The molecule has 27 heavy (non-hydrogen) atoms. The minimum atomic E-state index is -3.33. The minimum absolute atomic E-state index is 0.194. The van der Waals surface area contributed by atoms with Crippen LogP contribution >= 0.6 is 0 Å². The first-order chi connectivity index (χ1) is 12.7. The fourth-order valence-corrected chi connectivity index (χ4v) is 5.08. The van der Waals surface area contributed by atoms with Crippen LogP contribution in [0.25, 0.3) is 0 Å². The highest BCUT2D eigenvalue weighted by Crippen LogP contribution is 2.19. The molecule has 1 aromatic heterocycles. The maximum absolute atomic E-state index is 12.9. The zero-order valence-corrected chi connectivity index (χ0v) is 18.6. The van der Waals surface area contributed by atoms with E-state index in [1.165, 1.54) is 0 Å². The van der Waals surface area contributed by atoms with E-state index in [1.807, 2.05) is 4.57 Å². The van der Waals surface area contributed by atoms with E-state index in [0.29, 0.717) is 18.4 Å². The van der Waals surface area contributed by atoms with Crippen molar-refractivity contribution in [2.75, 3.05) is 32.4 Å². The molecule has 0 N–H and O–H groups in total. The highest BCUT2D eigenvalue weighted by molar-refractivity contribution is 7.91. The van der Waals surface area contributed by atoms with Crippen LogP contribution in [0, 0.1) is 5.92 Å². The predicted molar refractivity (Wildman–Crippen MR) is 111 cm³/mol. The first-order valence-corrected chi connectivity index (χ1v) is 12.1. The van der Waals surface area contributed by atoms with Gasteiger partial charge in [-0.25, -0.2) is 13.4 Å². The van der Waals surface area contributed by atoms with Crippen molar-refractivity contribution in [3.05, 3.63) is 11.9 Å². The second-order valence-corrected chi connectivity index (χ2v) is 10.5. The number of piperazine rings is 1. The number of nitrogens with zero attached hydrogens (tertiary/aromatic N) is 4. The van der Waals surface area contributed by atoms with Gasteiger partial charge in [0.2, 0.25) is 15.0 Å². The molecule has 1 atom stereocenters. The van der Waals surface area contributed by atoms with Crippen LogP contribution in [0.3, 0.4) is 0 Å². The SMILES string of the molecule is CCCCn1c(CN2CCN(C)[C@@H](C)C2)cnc1S(=O)(=O)CCCC(C)C. The molecule has 1 aliphatic rings. The molecule has 156 valence electrons. The van der Waals surface area contributed by atoms with Crippen molar-refractivity contribution >= 4 is 9.84 Å². The molecule has 0 radical (unpaired) electrons. The normalized spacial score (nSPS) is 19.9. The lowest BCUT2D eigenvalue weighted by Gasteiger charge is -2.37. The molecule has 1 saturated heterocycles. The Morgan fingerprint density at radius 2 is 2.00 bits per heavy atom. The number of imidazole rings is 1. The third kappa shape index (κ3) is 6.29. The van der Waals surface area contributed by atoms with Gasteiger partial charge in [0.15, 0.2) is 0 Å². The van der Waals surface area contributed by atoms with Crippen LogP contribution < -0.4 is 0 Å². The Labute approximate surface area is 165 Å². The monoisotopic (exact) mass is 398 g/mol. The van der Waals surface area contributed by atoms with E-state index in [-0.39, 0.29) is 10.9 Å². The van der Waals surface area contributed by atoms with Gasteiger partial charge in [-0.3, -0.25) is 4.90 Å². The van der Waals surface area contributed by atoms with Gasteiger partial charge in [0.25, 0.3) is 0 Å². The van der Waals surface area contributed by atoms with Crippen molar-refractivity contribution in [2.24, 2.45) is 5.92 Å². The first-order valence-electron chi connectivity index (χ1n) is 10.4. The molecule has 0 bridgehead atoms. The lowest BCUT2D eigenvalue weighted by Crippen LogP contribution is -2.49. The summed E-state index contributed by atoms with van der Waals surface area (Å²) in [5, 5.41) is 0.275. The van der Waals surface area contributed by atoms with E-state index in [0.717, 1.165) is 57.7 Å². The Morgan fingerprint density at radius 1 is 1.26 bits per heavy atom. The van der Waals surface area contributed by atoms with Crippen molar-refractivity contribution in [3.8, 4) is 0 Å². The van der Waals surface area contributed by atoms with Gasteiger partial charge in [-0.05, 0) is 39.2 Å². The molecule has 2 heterocycles. The summed E-state index contributed by atoms with van der Waals surface area (Å²) in [6.07, 6.45) is 5.42. The van der Waals surface area contributed by atoms with Gasteiger partial charge in [0.05, 0.1) is 17.6 Å². The van der Waals surface area contributed by atoms with Crippen LogP contribution in [0.15, 0.2) is 11.4 Å². The molecular formula is C20H38N4O2S. The van der Waals surface area contributed by atoms with Crippen LogP contribution in [0.1, 0.15) is 59.1 Å². The summed E-state index contributed by atoms with van der Waals surface area (Å²) in [5.41, 5.74) is 1.03. The Morgan fingerprint density at radius 3 is 2.63 bits per heavy atom. The number of hydrogen-bond donors (Lipinski definition) is 0. The lowest BCUT2D eigenvalue weighted by molar-refractivity contribution is 0.0979. The van der Waals surface area contributed by atoms with Crippen molar-refractivity contribution < 1.29 is 8.42 Å². The third-order valence-electron chi connectivity index (χ3n) is 5.54. The highest BCUT2D eigenvalue weighted by atomic mass is 32.2. The largest absolute Gasteiger partial charge is 0.318 e. The minimum Gasteiger partial charge on any atom is -0.318 e. The Hall–Kier alpha value is -0.920.